The van der Waals surface area contributed by atoms with Gasteiger partial charge in [-0.2, -0.15) is 0 Å². The second-order valence-electron chi connectivity index (χ2n) is 6.46. The number of carbonyl (C=O) groups excluding carboxylic acids is 1. The number of hydrogen-bond acceptors (Lipinski definition) is 6. The molecular formula is C19H18ClFN4OS2. The van der Waals surface area contributed by atoms with Crippen molar-refractivity contribution >= 4 is 50.8 Å². The van der Waals surface area contributed by atoms with Crippen molar-refractivity contribution in [1.82, 2.24) is 19.8 Å². The topological polar surface area (TPSA) is 49.3 Å². The summed E-state index contributed by atoms with van der Waals surface area (Å²) in [7, 11) is 0. The summed E-state index contributed by atoms with van der Waals surface area (Å²) in [5.74, 6) is 0.160. The molecule has 0 radical (unpaired) electrons. The summed E-state index contributed by atoms with van der Waals surface area (Å²) in [5, 5.41) is 3.27. The average molecular weight is 437 g/mol. The van der Waals surface area contributed by atoms with Gasteiger partial charge >= 0.3 is 0 Å². The molecule has 1 amide bonds. The summed E-state index contributed by atoms with van der Waals surface area (Å²) in [4.78, 5) is 25.1. The third-order valence-electron chi connectivity index (χ3n) is 4.71. The number of nitrogens with zero attached hydrogens (tertiary/aromatic N) is 4. The molecule has 3 heterocycles. The van der Waals surface area contributed by atoms with Crippen molar-refractivity contribution in [3.63, 3.8) is 0 Å². The molecule has 1 aromatic carbocycles. The van der Waals surface area contributed by atoms with Crippen molar-refractivity contribution in [1.29, 1.82) is 0 Å². The molecule has 1 fully saturated rings. The molecule has 0 atom stereocenters. The van der Waals surface area contributed by atoms with E-state index in [1.54, 1.807) is 23.5 Å². The second-order valence-corrected chi connectivity index (χ2v) is 8.75. The van der Waals surface area contributed by atoms with Gasteiger partial charge in [0.2, 0.25) is 5.91 Å². The highest BCUT2D eigenvalue weighted by Crippen LogP contribution is 2.29. The molecule has 4 rings (SSSR count). The van der Waals surface area contributed by atoms with E-state index in [0.29, 0.717) is 49.1 Å². The number of rotatable bonds is 5. The number of carbonyl (C=O) groups is 1. The van der Waals surface area contributed by atoms with Crippen LogP contribution in [-0.2, 0) is 11.3 Å². The predicted molar refractivity (Wildman–Crippen MR) is 111 cm³/mol. The predicted octanol–water partition coefficient (Wildman–Crippen LogP) is 3.92. The molecule has 0 aliphatic carbocycles. The summed E-state index contributed by atoms with van der Waals surface area (Å²) in [6.45, 7) is 3.11. The molecule has 2 aromatic heterocycles. The number of thiophene rings is 1. The number of fused-ring (bicyclic) bond motifs is 1. The summed E-state index contributed by atoms with van der Waals surface area (Å²) < 4.78 is 15.0. The Kier molecular flexibility index (Phi) is 6.10. The molecular weight excluding hydrogens is 419 g/mol. The normalized spacial score (nSPS) is 15.3. The molecule has 0 spiro atoms. The monoisotopic (exact) mass is 436 g/mol. The van der Waals surface area contributed by atoms with Gasteiger partial charge in [0, 0.05) is 43.3 Å². The SMILES string of the molecule is O=C(CSc1ncnc2ccsc12)N1CCN(Cc2c(F)cccc2Cl)CC1. The van der Waals surface area contributed by atoms with E-state index in [0.717, 1.165) is 15.2 Å². The van der Waals surface area contributed by atoms with Gasteiger partial charge in [0.15, 0.2) is 0 Å². The fourth-order valence-electron chi connectivity index (χ4n) is 3.15. The Hall–Kier alpha value is -1.74. The third kappa shape index (κ3) is 4.30. The zero-order chi connectivity index (χ0) is 19.5. The van der Waals surface area contributed by atoms with Crippen LogP contribution in [0.15, 0.2) is 41.0 Å². The first kappa shape index (κ1) is 19.6. The van der Waals surface area contributed by atoms with Crippen LogP contribution < -0.4 is 0 Å². The molecule has 5 nitrogen and oxygen atoms in total. The van der Waals surface area contributed by atoms with Crippen molar-refractivity contribution in [2.75, 3.05) is 31.9 Å². The van der Waals surface area contributed by atoms with Crippen molar-refractivity contribution in [3.8, 4) is 0 Å². The lowest BCUT2D eigenvalue weighted by atomic mass is 10.2. The molecule has 0 bridgehead atoms. The minimum absolute atomic E-state index is 0.0943. The van der Waals surface area contributed by atoms with E-state index in [9.17, 15) is 9.18 Å². The summed E-state index contributed by atoms with van der Waals surface area (Å²) in [5.41, 5.74) is 1.43. The number of thioether (sulfide) groups is 1. The minimum atomic E-state index is -0.285. The van der Waals surface area contributed by atoms with Crippen LogP contribution in [0.25, 0.3) is 10.2 Å². The van der Waals surface area contributed by atoms with Gasteiger partial charge in [-0.15, -0.1) is 11.3 Å². The van der Waals surface area contributed by atoms with Crippen LogP contribution in [0.3, 0.4) is 0 Å². The van der Waals surface area contributed by atoms with Crippen molar-refractivity contribution < 1.29 is 9.18 Å². The van der Waals surface area contributed by atoms with E-state index in [1.165, 1.54) is 24.2 Å². The summed E-state index contributed by atoms with van der Waals surface area (Å²) in [6.07, 6.45) is 1.54. The standard InChI is InChI=1S/C19H18ClFN4OS2/c20-14-2-1-3-15(21)13(14)10-24-5-7-25(8-6-24)17(26)11-28-19-18-16(4-9-27-18)22-12-23-19/h1-4,9,12H,5-8,10-11H2. The van der Waals surface area contributed by atoms with E-state index in [4.69, 9.17) is 11.6 Å². The molecule has 1 saturated heterocycles. The molecule has 1 aliphatic rings. The van der Waals surface area contributed by atoms with Gasteiger partial charge < -0.3 is 4.90 Å². The first-order valence-corrected chi connectivity index (χ1v) is 11.1. The molecule has 0 N–H and O–H groups in total. The molecule has 1 aliphatic heterocycles. The zero-order valence-corrected chi connectivity index (χ0v) is 17.4. The number of amides is 1. The number of benzene rings is 1. The quantitative estimate of drug-likeness (QED) is 0.448. The summed E-state index contributed by atoms with van der Waals surface area (Å²) in [6, 6.07) is 6.69. The van der Waals surface area contributed by atoms with Crippen molar-refractivity contribution in [3.05, 3.63) is 52.4 Å². The van der Waals surface area contributed by atoms with Gasteiger partial charge in [-0.05, 0) is 23.6 Å². The van der Waals surface area contributed by atoms with Crippen LogP contribution in [0.2, 0.25) is 5.02 Å². The Morgan fingerprint density at radius 3 is 2.82 bits per heavy atom. The highest BCUT2D eigenvalue weighted by Gasteiger charge is 2.23. The van der Waals surface area contributed by atoms with Gasteiger partial charge in [-0.25, -0.2) is 14.4 Å². The van der Waals surface area contributed by atoms with Gasteiger partial charge in [0.1, 0.15) is 17.2 Å². The Bertz CT molecular complexity index is 971. The van der Waals surface area contributed by atoms with Gasteiger partial charge in [-0.1, -0.05) is 29.4 Å². The van der Waals surface area contributed by atoms with Crippen LogP contribution in [-0.4, -0.2) is 57.6 Å². The van der Waals surface area contributed by atoms with E-state index < -0.39 is 0 Å². The second kappa shape index (κ2) is 8.73. The highest BCUT2D eigenvalue weighted by atomic mass is 35.5. The van der Waals surface area contributed by atoms with Crippen LogP contribution >= 0.6 is 34.7 Å². The molecule has 28 heavy (non-hydrogen) atoms. The van der Waals surface area contributed by atoms with Crippen molar-refractivity contribution in [2.45, 2.75) is 11.6 Å². The molecule has 0 saturated carbocycles. The lowest BCUT2D eigenvalue weighted by Gasteiger charge is -2.34. The van der Waals surface area contributed by atoms with Gasteiger partial charge in [0.25, 0.3) is 0 Å². The first-order chi connectivity index (χ1) is 13.6. The number of halogens is 2. The van der Waals surface area contributed by atoms with Crippen LogP contribution in [0.5, 0.6) is 0 Å². The Morgan fingerprint density at radius 2 is 2.04 bits per heavy atom. The molecule has 0 unspecified atom stereocenters. The van der Waals surface area contributed by atoms with Gasteiger partial charge in [0.05, 0.1) is 16.0 Å². The Labute approximate surface area is 175 Å². The fourth-order valence-corrected chi connectivity index (χ4v) is 5.22. The summed E-state index contributed by atoms with van der Waals surface area (Å²) >= 11 is 9.15. The average Bonchev–Trinajstić information content (AvgIpc) is 3.19. The maximum atomic E-state index is 14.0. The van der Waals surface area contributed by atoms with E-state index in [-0.39, 0.29) is 11.7 Å². The maximum Gasteiger partial charge on any atom is 0.233 e. The Morgan fingerprint density at radius 1 is 1.21 bits per heavy atom. The largest absolute Gasteiger partial charge is 0.339 e. The lowest BCUT2D eigenvalue weighted by Crippen LogP contribution is -2.48. The first-order valence-electron chi connectivity index (χ1n) is 8.86. The van der Waals surface area contributed by atoms with Crippen LogP contribution in [0.4, 0.5) is 4.39 Å². The maximum absolute atomic E-state index is 14.0. The van der Waals surface area contributed by atoms with Crippen LogP contribution in [0.1, 0.15) is 5.56 Å². The Balaban J connectivity index is 1.30. The van der Waals surface area contributed by atoms with Crippen molar-refractivity contribution in [2.24, 2.45) is 0 Å². The third-order valence-corrected chi connectivity index (χ3v) is 7.08. The minimum Gasteiger partial charge on any atom is -0.339 e. The van der Waals surface area contributed by atoms with E-state index in [1.807, 2.05) is 16.3 Å². The van der Waals surface area contributed by atoms with E-state index >= 15 is 0 Å². The molecule has 3 aromatic rings. The van der Waals surface area contributed by atoms with E-state index in [2.05, 4.69) is 14.9 Å². The molecule has 146 valence electrons. The number of hydrogen-bond donors (Lipinski definition) is 0. The number of aromatic nitrogens is 2. The fraction of sp³-hybridized carbons (Fsp3) is 0.316. The molecule has 9 heteroatoms. The van der Waals surface area contributed by atoms with Crippen LogP contribution in [0, 0.1) is 5.82 Å². The smallest absolute Gasteiger partial charge is 0.233 e. The zero-order valence-electron chi connectivity index (χ0n) is 15.0. The highest BCUT2D eigenvalue weighted by molar-refractivity contribution is 8.00. The lowest BCUT2D eigenvalue weighted by molar-refractivity contribution is -0.130. The number of piperazine rings is 1. The van der Waals surface area contributed by atoms with Gasteiger partial charge in [-0.3, -0.25) is 9.69 Å².